The van der Waals surface area contributed by atoms with Gasteiger partial charge >= 0.3 is 0 Å². The van der Waals surface area contributed by atoms with Gasteiger partial charge in [0.05, 0.1) is 21.2 Å². The summed E-state index contributed by atoms with van der Waals surface area (Å²) in [4.78, 5) is 14.9. The third kappa shape index (κ3) is 4.01. The van der Waals surface area contributed by atoms with Crippen LogP contribution >= 0.6 is 0 Å². The first-order chi connectivity index (χ1) is 12.8. The topological polar surface area (TPSA) is 29.5 Å². The highest BCUT2D eigenvalue weighted by Crippen LogP contribution is 2.43. The van der Waals surface area contributed by atoms with E-state index < -0.39 is 8.07 Å². The molecule has 0 radical (unpaired) electrons. The number of nitrogens with zero attached hydrogens (tertiary/aromatic N) is 1. The van der Waals surface area contributed by atoms with E-state index in [1.54, 1.807) is 7.11 Å². The summed E-state index contributed by atoms with van der Waals surface area (Å²) in [5, 5.41) is 1.36. The van der Waals surface area contributed by atoms with Crippen molar-refractivity contribution in [1.29, 1.82) is 0 Å². The summed E-state index contributed by atoms with van der Waals surface area (Å²) in [5.74, 6) is 1.14. The molecule has 1 aliphatic rings. The van der Waals surface area contributed by atoms with Crippen molar-refractivity contribution in [1.82, 2.24) is 0 Å². The number of hydrogen-bond donors (Lipinski definition) is 0. The van der Waals surface area contributed by atoms with E-state index in [0.29, 0.717) is 18.6 Å². The van der Waals surface area contributed by atoms with Crippen molar-refractivity contribution in [2.45, 2.75) is 45.4 Å². The van der Waals surface area contributed by atoms with Crippen LogP contribution in [0.5, 0.6) is 5.75 Å². The Labute approximate surface area is 163 Å². The first-order valence-electron chi connectivity index (χ1n) is 9.61. The number of anilines is 1. The second kappa shape index (κ2) is 7.73. The van der Waals surface area contributed by atoms with Crippen LogP contribution in [0.15, 0.2) is 53.9 Å². The first kappa shape index (κ1) is 19.4. The number of hydrogen-bond acceptors (Lipinski definition) is 3. The highest BCUT2D eigenvalue weighted by molar-refractivity contribution is 6.84. The molecule has 1 atom stereocenters. The molecular weight excluding hydrogens is 350 g/mol. The second-order valence-electron chi connectivity index (χ2n) is 8.09. The van der Waals surface area contributed by atoms with E-state index in [-0.39, 0.29) is 6.04 Å². The molecule has 0 fully saturated rings. The van der Waals surface area contributed by atoms with E-state index in [9.17, 15) is 4.79 Å². The van der Waals surface area contributed by atoms with Gasteiger partial charge in [-0.3, -0.25) is 4.79 Å². The standard InChI is InChI=1S/C23H29NO2Si/c1-6-19(25)16-22-21-10-8-7-9-17(21)15-23(27(3,4)5)24(22)18-11-13-20(26-2)14-12-18/h7-15,22H,6,16H2,1-5H3. The fourth-order valence-electron chi connectivity index (χ4n) is 3.67. The van der Waals surface area contributed by atoms with Gasteiger partial charge in [-0.2, -0.15) is 0 Å². The van der Waals surface area contributed by atoms with E-state index in [0.717, 1.165) is 11.4 Å². The lowest BCUT2D eigenvalue weighted by atomic mass is 9.91. The third-order valence-electron chi connectivity index (χ3n) is 5.15. The lowest BCUT2D eigenvalue weighted by Gasteiger charge is -2.43. The van der Waals surface area contributed by atoms with Crippen LogP contribution in [0.1, 0.15) is 36.9 Å². The molecule has 142 valence electrons. The van der Waals surface area contributed by atoms with E-state index >= 15 is 0 Å². The van der Waals surface area contributed by atoms with Crippen molar-refractivity contribution >= 4 is 25.6 Å². The van der Waals surface area contributed by atoms with Crippen LogP contribution in [-0.4, -0.2) is 21.0 Å². The number of benzene rings is 2. The predicted octanol–water partition coefficient (Wildman–Crippen LogP) is 5.84. The Balaban J connectivity index is 2.18. The SMILES string of the molecule is CCC(=O)CC1c2ccccc2C=C([Si](C)(C)C)N1c1ccc(OC)cc1. The smallest absolute Gasteiger partial charge is 0.135 e. The van der Waals surface area contributed by atoms with Crippen LogP contribution in [0, 0.1) is 0 Å². The Kier molecular flexibility index (Phi) is 5.56. The van der Waals surface area contributed by atoms with Crippen LogP contribution in [-0.2, 0) is 4.79 Å². The predicted molar refractivity (Wildman–Crippen MR) is 116 cm³/mol. The molecule has 3 rings (SSSR count). The summed E-state index contributed by atoms with van der Waals surface area (Å²) in [7, 11) is 0.0316. The number of Topliss-reactive ketones (excluding diaryl/α,β-unsaturated/α-hetero) is 1. The summed E-state index contributed by atoms with van der Waals surface area (Å²) in [6, 6.07) is 16.7. The van der Waals surface area contributed by atoms with Gasteiger partial charge in [-0.15, -0.1) is 0 Å². The zero-order valence-electron chi connectivity index (χ0n) is 17.0. The molecular formula is C23H29NO2Si. The van der Waals surface area contributed by atoms with Crippen LogP contribution in [0.3, 0.4) is 0 Å². The Morgan fingerprint density at radius 1 is 1.07 bits per heavy atom. The second-order valence-corrected chi connectivity index (χ2v) is 13.1. The Hall–Kier alpha value is -2.33. The molecule has 0 bridgehead atoms. The molecule has 0 aliphatic carbocycles. The van der Waals surface area contributed by atoms with Crippen molar-refractivity contribution < 1.29 is 9.53 Å². The van der Waals surface area contributed by atoms with E-state index in [2.05, 4.69) is 67.0 Å². The molecule has 0 saturated carbocycles. The number of fused-ring (bicyclic) bond motifs is 1. The van der Waals surface area contributed by atoms with Crippen LogP contribution in [0.4, 0.5) is 5.69 Å². The van der Waals surface area contributed by atoms with E-state index in [1.165, 1.54) is 16.4 Å². The molecule has 0 N–H and O–H groups in total. The molecule has 1 heterocycles. The van der Waals surface area contributed by atoms with Crippen LogP contribution in [0.2, 0.25) is 19.6 Å². The Morgan fingerprint density at radius 3 is 2.33 bits per heavy atom. The van der Waals surface area contributed by atoms with Crippen molar-refractivity contribution in [2.24, 2.45) is 0 Å². The summed E-state index contributed by atoms with van der Waals surface area (Å²) < 4.78 is 5.34. The molecule has 0 aromatic heterocycles. The summed E-state index contributed by atoms with van der Waals surface area (Å²) in [6.45, 7) is 9.04. The lowest BCUT2D eigenvalue weighted by Crippen LogP contribution is -2.42. The Bertz CT molecular complexity index is 849. The van der Waals surface area contributed by atoms with E-state index in [1.807, 2.05) is 19.1 Å². The maximum atomic E-state index is 12.5. The van der Waals surface area contributed by atoms with Gasteiger partial charge in [0.2, 0.25) is 0 Å². The van der Waals surface area contributed by atoms with Crippen molar-refractivity contribution in [3.05, 3.63) is 65.0 Å². The van der Waals surface area contributed by atoms with Crippen molar-refractivity contribution in [2.75, 3.05) is 12.0 Å². The normalized spacial score (nSPS) is 16.6. The molecule has 1 aliphatic heterocycles. The quantitative estimate of drug-likeness (QED) is 0.590. The largest absolute Gasteiger partial charge is 0.497 e. The Morgan fingerprint density at radius 2 is 1.74 bits per heavy atom. The van der Waals surface area contributed by atoms with Gasteiger partial charge < -0.3 is 9.64 Å². The van der Waals surface area contributed by atoms with Crippen LogP contribution in [0.25, 0.3) is 6.08 Å². The van der Waals surface area contributed by atoms with Gasteiger partial charge in [0.25, 0.3) is 0 Å². The number of ketones is 1. The minimum absolute atomic E-state index is 0.0359. The summed E-state index contributed by atoms with van der Waals surface area (Å²) in [5.41, 5.74) is 3.60. The molecule has 0 saturated heterocycles. The molecule has 0 amide bonds. The number of carbonyl (C=O) groups is 1. The number of rotatable bonds is 6. The zero-order chi connectivity index (χ0) is 19.6. The molecule has 2 aromatic carbocycles. The minimum atomic E-state index is -1.65. The highest BCUT2D eigenvalue weighted by Gasteiger charge is 2.36. The third-order valence-corrected chi connectivity index (χ3v) is 7.07. The molecule has 1 unspecified atom stereocenters. The van der Waals surface area contributed by atoms with Crippen molar-refractivity contribution in [3.63, 3.8) is 0 Å². The average Bonchev–Trinajstić information content (AvgIpc) is 2.67. The average molecular weight is 380 g/mol. The van der Waals surface area contributed by atoms with Gasteiger partial charge in [-0.1, -0.05) is 50.8 Å². The van der Waals surface area contributed by atoms with Gasteiger partial charge in [0.1, 0.15) is 11.5 Å². The van der Waals surface area contributed by atoms with Gasteiger partial charge in [0.15, 0.2) is 0 Å². The van der Waals surface area contributed by atoms with Gasteiger partial charge in [-0.05, 0) is 41.5 Å². The molecule has 2 aromatic rings. The lowest BCUT2D eigenvalue weighted by molar-refractivity contribution is -0.119. The fourth-order valence-corrected chi connectivity index (χ4v) is 5.27. The number of ether oxygens (including phenoxy) is 1. The molecule has 3 nitrogen and oxygen atoms in total. The minimum Gasteiger partial charge on any atom is -0.497 e. The molecule has 27 heavy (non-hydrogen) atoms. The monoisotopic (exact) mass is 379 g/mol. The van der Waals surface area contributed by atoms with Crippen molar-refractivity contribution in [3.8, 4) is 5.75 Å². The first-order valence-corrected chi connectivity index (χ1v) is 13.1. The number of methoxy groups -OCH3 is 1. The van der Waals surface area contributed by atoms with Crippen LogP contribution < -0.4 is 9.64 Å². The zero-order valence-corrected chi connectivity index (χ0v) is 18.0. The van der Waals surface area contributed by atoms with Gasteiger partial charge in [0, 0.05) is 23.8 Å². The van der Waals surface area contributed by atoms with E-state index in [4.69, 9.17) is 4.74 Å². The highest BCUT2D eigenvalue weighted by atomic mass is 28.3. The maximum Gasteiger partial charge on any atom is 0.135 e. The van der Waals surface area contributed by atoms with Gasteiger partial charge in [-0.25, -0.2) is 0 Å². The number of carbonyl (C=O) groups excluding carboxylic acids is 1. The molecule has 0 spiro atoms. The summed E-state index contributed by atoms with van der Waals surface area (Å²) >= 11 is 0. The summed E-state index contributed by atoms with van der Waals surface area (Å²) in [6.07, 6.45) is 3.43. The maximum absolute atomic E-state index is 12.5. The fraction of sp³-hybridized carbons (Fsp3) is 0.348. The molecule has 4 heteroatoms.